The van der Waals surface area contributed by atoms with Gasteiger partial charge in [0, 0.05) is 26.7 Å². The molecule has 0 aliphatic heterocycles. The molecule has 5 nitrogen and oxygen atoms in total. The van der Waals surface area contributed by atoms with E-state index >= 15 is 0 Å². The zero-order valence-electron chi connectivity index (χ0n) is 8.80. The number of alkyl halides is 3. The number of halogens is 3. The molecule has 0 bridgehead atoms. The van der Waals surface area contributed by atoms with Crippen LogP contribution in [0.5, 0.6) is 0 Å². The third-order valence-electron chi connectivity index (χ3n) is 1.70. The molecule has 0 saturated carbocycles. The van der Waals surface area contributed by atoms with Crippen molar-refractivity contribution in [3.05, 3.63) is 0 Å². The molecule has 0 fully saturated rings. The molecule has 94 valence electrons. The van der Waals surface area contributed by atoms with Crippen LogP contribution in [0, 0.1) is 0 Å². The molecule has 0 atom stereocenters. The number of hydrogen-bond acceptors (Lipinski definition) is 3. The van der Waals surface area contributed by atoms with Gasteiger partial charge in [-0.1, -0.05) is 0 Å². The highest BCUT2D eigenvalue weighted by atomic mass is 19.4. The molecule has 0 unspecified atom stereocenters. The molecular weight excluding hydrogens is 227 g/mol. The minimum absolute atomic E-state index is 0.109. The average Bonchev–Trinajstić information content (AvgIpc) is 2.20. The molecule has 2 amide bonds. The number of rotatable bonds is 4. The summed E-state index contributed by atoms with van der Waals surface area (Å²) in [7, 11) is 1.14. The Hall–Kier alpha value is -1.31. The molecule has 0 spiro atoms. The van der Waals surface area contributed by atoms with Gasteiger partial charge < -0.3 is 16.0 Å². The van der Waals surface area contributed by atoms with Gasteiger partial charge in [-0.2, -0.15) is 13.2 Å². The summed E-state index contributed by atoms with van der Waals surface area (Å²) < 4.78 is 35.5. The Kier molecular flexibility index (Phi) is 5.79. The van der Waals surface area contributed by atoms with Crippen LogP contribution in [0.4, 0.5) is 13.2 Å². The Bertz CT molecular complexity index is 255. The van der Waals surface area contributed by atoms with E-state index < -0.39 is 31.0 Å². The molecule has 3 N–H and O–H groups in total. The van der Waals surface area contributed by atoms with E-state index in [1.807, 2.05) is 0 Å². The number of nitrogens with one attached hydrogen (secondary N) is 1. The number of carbonyl (C=O) groups excluding carboxylic acids is 2. The first-order valence-electron chi connectivity index (χ1n) is 4.58. The first kappa shape index (κ1) is 14.7. The number of nitrogens with two attached hydrogens (primary N) is 1. The zero-order chi connectivity index (χ0) is 12.8. The van der Waals surface area contributed by atoms with Crippen LogP contribution in [0.1, 0.15) is 6.42 Å². The fourth-order valence-corrected chi connectivity index (χ4v) is 0.831. The van der Waals surface area contributed by atoms with Crippen molar-refractivity contribution < 1.29 is 22.8 Å². The number of hydrogen-bond donors (Lipinski definition) is 2. The van der Waals surface area contributed by atoms with Gasteiger partial charge in [-0.15, -0.1) is 0 Å². The lowest BCUT2D eigenvalue weighted by atomic mass is 10.3. The third kappa shape index (κ3) is 6.23. The van der Waals surface area contributed by atoms with Crippen molar-refractivity contribution in [2.24, 2.45) is 5.73 Å². The Morgan fingerprint density at radius 3 is 2.38 bits per heavy atom. The molecule has 0 aromatic heterocycles. The van der Waals surface area contributed by atoms with Crippen LogP contribution in [0.25, 0.3) is 0 Å². The molecule has 0 heterocycles. The van der Waals surface area contributed by atoms with Crippen molar-refractivity contribution >= 4 is 11.8 Å². The monoisotopic (exact) mass is 241 g/mol. The summed E-state index contributed by atoms with van der Waals surface area (Å²) in [5.41, 5.74) is 5.08. The molecule has 0 radical (unpaired) electrons. The minimum Gasteiger partial charge on any atom is -0.347 e. The zero-order valence-corrected chi connectivity index (χ0v) is 8.80. The lowest BCUT2D eigenvalue weighted by Crippen LogP contribution is -2.43. The van der Waals surface area contributed by atoms with Gasteiger partial charge in [0.2, 0.25) is 0 Å². The lowest BCUT2D eigenvalue weighted by Gasteiger charge is -2.17. The molecule has 0 aliphatic rings. The Labute approximate surface area is 90.8 Å². The van der Waals surface area contributed by atoms with E-state index in [-0.39, 0.29) is 13.1 Å². The van der Waals surface area contributed by atoms with E-state index in [4.69, 9.17) is 5.73 Å². The van der Waals surface area contributed by atoms with Gasteiger partial charge in [0.1, 0.15) is 0 Å². The normalized spacial score (nSPS) is 11.1. The van der Waals surface area contributed by atoms with E-state index in [1.165, 1.54) is 0 Å². The van der Waals surface area contributed by atoms with Gasteiger partial charge in [-0.3, -0.25) is 9.59 Å². The Morgan fingerprint density at radius 2 is 1.94 bits per heavy atom. The largest absolute Gasteiger partial charge is 0.390 e. The van der Waals surface area contributed by atoms with Crippen molar-refractivity contribution in [2.45, 2.75) is 12.6 Å². The molecule has 0 aliphatic carbocycles. The number of amides is 2. The van der Waals surface area contributed by atoms with Gasteiger partial charge in [0.15, 0.2) is 0 Å². The highest BCUT2D eigenvalue weighted by Crippen LogP contribution is 2.19. The topological polar surface area (TPSA) is 75.4 Å². The van der Waals surface area contributed by atoms with Gasteiger partial charge in [-0.25, -0.2) is 0 Å². The van der Waals surface area contributed by atoms with Crippen molar-refractivity contribution in [3.8, 4) is 0 Å². The Balaban J connectivity index is 4.03. The van der Waals surface area contributed by atoms with Crippen LogP contribution in [0.2, 0.25) is 0 Å². The second kappa shape index (κ2) is 6.31. The van der Waals surface area contributed by atoms with Crippen molar-refractivity contribution in [2.75, 3.05) is 26.7 Å². The van der Waals surface area contributed by atoms with Crippen LogP contribution in [-0.2, 0) is 9.59 Å². The average molecular weight is 241 g/mol. The number of likely N-dealkylation sites (N-methyl/N-ethyl adjacent to an activating group) is 1. The van der Waals surface area contributed by atoms with Crippen LogP contribution in [-0.4, -0.2) is 49.6 Å². The lowest BCUT2D eigenvalue weighted by molar-refractivity contribution is -0.151. The first-order valence-corrected chi connectivity index (χ1v) is 4.58. The van der Waals surface area contributed by atoms with E-state index in [9.17, 15) is 22.8 Å². The summed E-state index contributed by atoms with van der Waals surface area (Å²) in [5, 5.41) is 2.17. The summed E-state index contributed by atoms with van der Waals surface area (Å²) in [5.74, 6) is -1.95. The summed E-state index contributed by atoms with van der Waals surface area (Å²) in [6.07, 6.45) is -5.48. The quantitative estimate of drug-likeness (QED) is 0.650. The summed E-state index contributed by atoms with van der Waals surface area (Å²) in [6.45, 7) is -0.276. The van der Waals surface area contributed by atoms with Crippen LogP contribution < -0.4 is 11.1 Å². The summed E-state index contributed by atoms with van der Waals surface area (Å²) >= 11 is 0. The van der Waals surface area contributed by atoms with E-state index in [0.29, 0.717) is 0 Å². The predicted octanol–water partition coefficient (Wildman–Crippen LogP) is -0.528. The maximum atomic E-state index is 11.8. The van der Waals surface area contributed by atoms with E-state index in [1.54, 1.807) is 0 Å². The van der Waals surface area contributed by atoms with Crippen LogP contribution in [0.3, 0.4) is 0 Å². The van der Waals surface area contributed by atoms with Crippen molar-refractivity contribution in [3.63, 3.8) is 0 Å². The second-order valence-electron chi connectivity index (χ2n) is 3.14. The second-order valence-corrected chi connectivity index (χ2v) is 3.14. The fourth-order valence-electron chi connectivity index (χ4n) is 0.831. The minimum atomic E-state index is -4.34. The smallest absolute Gasteiger partial charge is 0.347 e. The van der Waals surface area contributed by atoms with Gasteiger partial charge in [0.25, 0.3) is 0 Å². The number of nitrogens with zero attached hydrogens (tertiary/aromatic N) is 1. The SMILES string of the molecule is CN(CCC(F)(F)F)C(=O)C(=O)NCCN. The summed E-state index contributed by atoms with van der Waals surface area (Å²) in [4.78, 5) is 22.9. The summed E-state index contributed by atoms with van der Waals surface area (Å²) in [6, 6.07) is 0. The van der Waals surface area contributed by atoms with Crippen LogP contribution in [0.15, 0.2) is 0 Å². The Morgan fingerprint density at radius 1 is 1.38 bits per heavy atom. The first-order chi connectivity index (χ1) is 7.28. The van der Waals surface area contributed by atoms with Gasteiger partial charge in [0.05, 0.1) is 6.42 Å². The molecular formula is C8H14F3N3O2. The standard InChI is InChI=1S/C8H14F3N3O2/c1-14(5-2-8(9,10)11)7(16)6(15)13-4-3-12/h2-5,12H2,1H3,(H,13,15). The number of carbonyl (C=O) groups is 2. The molecule has 0 aromatic carbocycles. The maximum absolute atomic E-state index is 11.8. The highest BCUT2D eigenvalue weighted by molar-refractivity contribution is 6.34. The van der Waals surface area contributed by atoms with Gasteiger partial charge >= 0.3 is 18.0 Å². The van der Waals surface area contributed by atoms with Gasteiger partial charge in [-0.05, 0) is 0 Å². The maximum Gasteiger partial charge on any atom is 0.390 e. The van der Waals surface area contributed by atoms with Crippen molar-refractivity contribution in [1.29, 1.82) is 0 Å². The molecule has 0 rings (SSSR count). The molecule has 0 aromatic rings. The highest BCUT2D eigenvalue weighted by Gasteiger charge is 2.29. The molecule has 16 heavy (non-hydrogen) atoms. The fraction of sp³-hybridized carbons (Fsp3) is 0.750. The molecule has 0 saturated heterocycles. The third-order valence-corrected chi connectivity index (χ3v) is 1.70. The van der Waals surface area contributed by atoms with E-state index in [2.05, 4.69) is 5.32 Å². The molecule has 8 heteroatoms. The van der Waals surface area contributed by atoms with E-state index in [0.717, 1.165) is 11.9 Å². The van der Waals surface area contributed by atoms with Crippen LogP contribution >= 0.6 is 0 Å². The predicted molar refractivity (Wildman–Crippen MR) is 50.4 cm³/mol. The van der Waals surface area contributed by atoms with Crippen molar-refractivity contribution in [1.82, 2.24) is 10.2 Å².